The number of likely N-dealkylation sites (tertiary alicyclic amines) is 1. The van der Waals surface area contributed by atoms with Gasteiger partial charge in [-0.15, -0.1) is 0 Å². The van der Waals surface area contributed by atoms with Crippen LogP contribution in [0.5, 0.6) is 0 Å². The molecule has 4 aliphatic rings. The summed E-state index contributed by atoms with van der Waals surface area (Å²) < 4.78 is 6.57. The van der Waals surface area contributed by atoms with Crippen molar-refractivity contribution in [3.8, 4) is 0 Å². The Bertz CT molecular complexity index is 1430. The number of carbonyl (C=O) groups excluding carboxylic acids is 3. The van der Waals surface area contributed by atoms with Gasteiger partial charge in [-0.3, -0.25) is 14.4 Å². The number of anilines is 1. The molecule has 3 fully saturated rings. The molecule has 2 aromatic carbocycles. The van der Waals surface area contributed by atoms with E-state index in [0.717, 1.165) is 25.8 Å². The van der Waals surface area contributed by atoms with Crippen molar-refractivity contribution in [2.45, 2.75) is 83.2 Å². The number of fused-ring (bicyclic) bond motifs is 1. The molecule has 2 bridgehead atoms. The van der Waals surface area contributed by atoms with Crippen molar-refractivity contribution < 1.29 is 19.1 Å². The molecule has 6 rings (SSSR count). The molecular weight excluding hydrogens is 564 g/mol. The third-order valence-electron chi connectivity index (χ3n) is 10.8. The largest absolute Gasteiger partial charge is 0.359 e. The predicted octanol–water partition coefficient (Wildman–Crippen LogP) is 4.97. The summed E-state index contributed by atoms with van der Waals surface area (Å²) in [6.45, 7) is 10.4. The van der Waals surface area contributed by atoms with E-state index in [-0.39, 0.29) is 23.8 Å². The zero-order valence-electron chi connectivity index (χ0n) is 27.2. The first-order valence-electron chi connectivity index (χ1n) is 16.7. The molecule has 1 aliphatic carbocycles. The molecule has 3 amide bonds. The first kappa shape index (κ1) is 31.5. The molecular formula is C37H48N4O4. The summed E-state index contributed by atoms with van der Waals surface area (Å²) in [6.07, 6.45) is 6.38. The van der Waals surface area contributed by atoms with Crippen LogP contribution in [0.3, 0.4) is 0 Å². The van der Waals surface area contributed by atoms with Gasteiger partial charge in [0.05, 0.1) is 17.9 Å². The van der Waals surface area contributed by atoms with Gasteiger partial charge in [0, 0.05) is 31.4 Å². The standard InChI is InChI=1S/C37H48N4O4/c1-23(2)27-14-16-28(17-15-27)38-34(42)31-30-18-19-37(45-30)32(31)36(44)41(21-20-40(5)22-26-11-7-6-8-12-26)33(37)35(43)39-29-13-9-10-24(3)25(29)4/h6-8,11-12,14-19,23-25,29-33H,9-10,13,20-22H2,1-5H3,(H,38,42)(H,39,43)/t24-,25-,29-,30-,31+,32-,33-,37-/m1/s1. The molecule has 240 valence electrons. The smallest absolute Gasteiger partial charge is 0.246 e. The lowest BCUT2D eigenvalue weighted by molar-refractivity contribution is -0.141. The Labute approximate surface area is 267 Å². The van der Waals surface area contributed by atoms with Gasteiger partial charge in [0.1, 0.15) is 11.6 Å². The number of amides is 3. The topological polar surface area (TPSA) is 91.0 Å². The average molecular weight is 613 g/mol. The van der Waals surface area contributed by atoms with Gasteiger partial charge in [0.15, 0.2) is 0 Å². The normalized spacial score (nSPS) is 31.9. The van der Waals surface area contributed by atoms with E-state index in [1.54, 1.807) is 4.90 Å². The highest BCUT2D eigenvalue weighted by Gasteiger charge is 2.72. The van der Waals surface area contributed by atoms with Gasteiger partial charge >= 0.3 is 0 Å². The van der Waals surface area contributed by atoms with Crippen LogP contribution in [0.2, 0.25) is 0 Å². The SMILES string of the molecule is CC(C)c1ccc(NC(=O)[C@H]2[C@H]3C=C[C@@]4(O3)[C@H]2C(=O)N(CCN(C)Cc2ccccc2)[C@@H]4C(=O)N[C@@H]2CCC[C@@H](C)[C@H]2C)cc1. The van der Waals surface area contributed by atoms with E-state index < -0.39 is 29.6 Å². The van der Waals surface area contributed by atoms with E-state index in [1.807, 2.05) is 61.7 Å². The summed E-state index contributed by atoms with van der Waals surface area (Å²) in [7, 11) is 2.02. The number of benzene rings is 2. The summed E-state index contributed by atoms with van der Waals surface area (Å²) in [6, 6.07) is 17.2. The molecule has 0 aromatic heterocycles. The predicted molar refractivity (Wildman–Crippen MR) is 175 cm³/mol. The van der Waals surface area contributed by atoms with Crippen LogP contribution in [0.15, 0.2) is 66.7 Å². The molecule has 2 saturated heterocycles. The highest BCUT2D eigenvalue weighted by atomic mass is 16.5. The van der Waals surface area contributed by atoms with Crippen LogP contribution in [0, 0.1) is 23.7 Å². The number of likely N-dealkylation sites (N-methyl/N-ethyl adjacent to an activating group) is 1. The Morgan fingerprint density at radius 1 is 1.04 bits per heavy atom. The quantitative estimate of drug-likeness (QED) is 0.370. The van der Waals surface area contributed by atoms with Crippen LogP contribution >= 0.6 is 0 Å². The lowest BCUT2D eigenvalue weighted by Crippen LogP contribution is -2.58. The van der Waals surface area contributed by atoms with Crippen LogP contribution in [-0.2, 0) is 25.7 Å². The number of hydrogen-bond acceptors (Lipinski definition) is 5. The van der Waals surface area contributed by atoms with Gasteiger partial charge < -0.3 is 25.2 Å². The second kappa shape index (κ2) is 12.7. The maximum atomic E-state index is 14.4. The second-order valence-electron chi connectivity index (χ2n) is 14.1. The Morgan fingerprint density at radius 2 is 1.78 bits per heavy atom. The monoisotopic (exact) mass is 612 g/mol. The van der Waals surface area contributed by atoms with Gasteiger partial charge in [0.25, 0.3) is 0 Å². The van der Waals surface area contributed by atoms with Crippen LogP contribution in [0.25, 0.3) is 0 Å². The Balaban J connectivity index is 1.25. The van der Waals surface area contributed by atoms with Crippen LogP contribution in [0.4, 0.5) is 5.69 Å². The van der Waals surface area contributed by atoms with E-state index in [1.165, 1.54) is 11.1 Å². The molecule has 8 nitrogen and oxygen atoms in total. The zero-order valence-corrected chi connectivity index (χ0v) is 27.2. The van der Waals surface area contributed by atoms with Crippen molar-refractivity contribution in [1.82, 2.24) is 15.1 Å². The zero-order chi connectivity index (χ0) is 31.9. The fourth-order valence-corrected chi connectivity index (χ4v) is 7.98. The van der Waals surface area contributed by atoms with Crippen molar-refractivity contribution >= 4 is 23.4 Å². The molecule has 3 aliphatic heterocycles. The third-order valence-corrected chi connectivity index (χ3v) is 10.8. The van der Waals surface area contributed by atoms with E-state index >= 15 is 0 Å². The number of rotatable bonds is 10. The number of carbonyl (C=O) groups is 3. The Hall–Kier alpha value is -3.49. The first-order valence-corrected chi connectivity index (χ1v) is 16.7. The van der Waals surface area contributed by atoms with Gasteiger partial charge in [-0.05, 0) is 54.5 Å². The number of nitrogens with one attached hydrogen (secondary N) is 2. The van der Waals surface area contributed by atoms with Crippen molar-refractivity contribution in [1.29, 1.82) is 0 Å². The summed E-state index contributed by atoms with van der Waals surface area (Å²) in [5.41, 5.74) is 1.88. The third kappa shape index (κ3) is 5.95. The Morgan fingerprint density at radius 3 is 2.49 bits per heavy atom. The lowest BCUT2D eigenvalue weighted by atomic mass is 9.73. The maximum Gasteiger partial charge on any atom is 0.246 e. The van der Waals surface area contributed by atoms with Gasteiger partial charge in [-0.2, -0.15) is 0 Å². The van der Waals surface area contributed by atoms with Crippen LogP contribution in [-0.4, -0.2) is 71.4 Å². The Kier molecular flexibility index (Phi) is 8.90. The van der Waals surface area contributed by atoms with E-state index in [9.17, 15) is 14.4 Å². The van der Waals surface area contributed by atoms with E-state index in [4.69, 9.17) is 4.74 Å². The summed E-state index contributed by atoms with van der Waals surface area (Å²) in [5.74, 6) is -0.856. The molecule has 1 saturated carbocycles. The molecule has 8 heteroatoms. The molecule has 0 unspecified atom stereocenters. The van der Waals surface area contributed by atoms with E-state index in [2.05, 4.69) is 55.4 Å². The molecule has 8 atom stereocenters. The van der Waals surface area contributed by atoms with Crippen LogP contribution < -0.4 is 10.6 Å². The molecule has 2 aromatic rings. The highest BCUT2D eigenvalue weighted by Crippen LogP contribution is 2.55. The van der Waals surface area contributed by atoms with Gasteiger partial charge in [-0.25, -0.2) is 0 Å². The van der Waals surface area contributed by atoms with E-state index in [0.29, 0.717) is 36.5 Å². The molecule has 3 heterocycles. The van der Waals surface area contributed by atoms with Gasteiger partial charge in [0.2, 0.25) is 17.7 Å². The number of hydrogen-bond donors (Lipinski definition) is 2. The van der Waals surface area contributed by atoms with Crippen molar-refractivity contribution in [3.05, 3.63) is 77.9 Å². The first-order chi connectivity index (χ1) is 21.6. The molecule has 1 spiro atoms. The van der Waals surface area contributed by atoms with Crippen molar-refractivity contribution in [2.75, 3.05) is 25.5 Å². The fraction of sp³-hybridized carbons (Fsp3) is 0.541. The van der Waals surface area contributed by atoms with Crippen molar-refractivity contribution in [3.63, 3.8) is 0 Å². The van der Waals surface area contributed by atoms with Crippen molar-refractivity contribution in [2.24, 2.45) is 23.7 Å². The number of ether oxygens (including phenoxy) is 1. The lowest BCUT2D eigenvalue weighted by Gasteiger charge is -2.38. The minimum Gasteiger partial charge on any atom is -0.359 e. The fourth-order valence-electron chi connectivity index (χ4n) is 7.98. The molecule has 45 heavy (non-hydrogen) atoms. The summed E-state index contributed by atoms with van der Waals surface area (Å²) >= 11 is 0. The molecule has 0 radical (unpaired) electrons. The summed E-state index contributed by atoms with van der Waals surface area (Å²) in [5, 5.41) is 6.39. The second-order valence-corrected chi connectivity index (χ2v) is 14.1. The summed E-state index contributed by atoms with van der Waals surface area (Å²) in [4.78, 5) is 46.4. The van der Waals surface area contributed by atoms with Crippen LogP contribution in [0.1, 0.15) is 64.0 Å². The number of nitrogens with zero attached hydrogens (tertiary/aromatic N) is 2. The highest BCUT2D eigenvalue weighted by molar-refractivity contribution is 6.02. The minimum atomic E-state index is -1.17. The van der Waals surface area contributed by atoms with Gasteiger partial charge in [-0.1, -0.05) is 95.2 Å². The maximum absolute atomic E-state index is 14.4. The minimum absolute atomic E-state index is 0.0462. The average Bonchev–Trinajstić information content (AvgIpc) is 3.66. The molecule has 2 N–H and O–H groups in total.